The summed E-state index contributed by atoms with van der Waals surface area (Å²) < 4.78 is 0. The molecule has 1 aliphatic carbocycles. The molecule has 2 N–H and O–H groups in total. The van der Waals surface area contributed by atoms with Crippen LogP contribution in [0, 0.1) is 0 Å². The maximum absolute atomic E-state index is 4.23. The number of thiophene rings is 1. The standard InChI is InChI=1S/C14H19N3S/c1-10(17-9-14-15-6-7-16-14)13-8-11-4-2-3-5-12(11)18-13/h6-8,10,17H,2-5,9H2,1H3,(H,15,16). The number of aryl methyl sites for hydroxylation is 2. The number of nitrogens with zero attached hydrogens (tertiary/aromatic N) is 1. The molecule has 18 heavy (non-hydrogen) atoms. The smallest absolute Gasteiger partial charge is 0.120 e. The lowest BCUT2D eigenvalue weighted by Crippen LogP contribution is -2.17. The maximum Gasteiger partial charge on any atom is 0.120 e. The molecule has 3 rings (SSSR count). The van der Waals surface area contributed by atoms with E-state index in [0.717, 1.165) is 12.4 Å². The van der Waals surface area contributed by atoms with Crippen molar-refractivity contribution in [1.82, 2.24) is 15.3 Å². The molecule has 2 aromatic heterocycles. The SMILES string of the molecule is CC(NCc1ncc[nH]1)c1cc2c(s1)CCCC2. The first-order valence-electron chi connectivity index (χ1n) is 6.66. The number of H-pyrrole nitrogens is 1. The maximum atomic E-state index is 4.23. The number of aromatic nitrogens is 2. The fourth-order valence-corrected chi connectivity index (χ4v) is 3.76. The molecule has 4 heteroatoms. The lowest BCUT2D eigenvalue weighted by molar-refractivity contribution is 0.569. The first kappa shape index (κ1) is 11.9. The average molecular weight is 261 g/mol. The van der Waals surface area contributed by atoms with Crippen LogP contribution in [0.1, 0.15) is 46.9 Å². The quantitative estimate of drug-likeness (QED) is 0.887. The van der Waals surface area contributed by atoms with Crippen LogP contribution in [0.3, 0.4) is 0 Å². The number of hydrogen-bond donors (Lipinski definition) is 2. The summed E-state index contributed by atoms with van der Waals surface area (Å²) in [6.07, 6.45) is 8.94. The summed E-state index contributed by atoms with van der Waals surface area (Å²) in [5.74, 6) is 1.00. The van der Waals surface area contributed by atoms with Crippen molar-refractivity contribution in [3.05, 3.63) is 39.6 Å². The third-order valence-electron chi connectivity index (χ3n) is 3.57. The molecule has 2 heterocycles. The largest absolute Gasteiger partial charge is 0.348 e. The van der Waals surface area contributed by atoms with E-state index in [1.807, 2.05) is 17.5 Å². The Bertz CT molecular complexity index is 478. The highest BCUT2D eigenvalue weighted by molar-refractivity contribution is 7.12. The van der Waals surface area contributed by atoms with Gasteiger partial charge in [0.1, 0.15) is 5.82 Å². The van der Waals surface area contributed by atoms with Gasteiger partial charge in [0.05, 0.1) is 6.54 Å². The highest BCUT2D eigenvalue weighted by atomic mass is 32.1. The molecular formula is C14H19N3S. The van der Waals surface area contributed by atoms with E-state index < -0.39 is 0 Å². The lowest BCUT2D eigenvalue weighted by Gasteiger charge is -2.10. The first-order valence-corrected chi connectivity index (χ1v) is 7.47. The lowest BCUT2D eigenvalue weighted by atomic mass is 9.99. The Labute approximate surface area is 112 Å². The van der Waals surface area contributed by atoms with E-state index in [1.54, 1.807) is 16.6 Å². The van der Waals surface area contributed by atoms with Gasteiger partial charge in [-0.15, -0.1) is 11.3 Å². The molecule has 0 fully saturated rings. The Hall–Kier alpha value is -1.13. The number of aromatic amines is 1. The molecule has 96 valence electrons. The van der Waals surface area contributed by atoms with Crippen LogP contribution in [0.4, 0.5) is 0 Å². The Morgan fingerprint density at radius 1 is 1.44 bits per heavy atom. The molecule has 0 spiro atoms. The van der Waals surface area contributed by atoms with Gasteiger partial charge in [0.25, 0.3) is 0 Å². The van der Waals surface area contributed by atoms with Gasteiger partial charge >= 0.3 is 0 Å². The van der Waals surface area contributed by atoms with Crippen LogP contribution in [-0.2, 0) is 19.4 Å². The van der Waals surface area contributed by atoms with Gasteiger partial charge < -0.3 is 10.3 Å². The molecule has 0 saturated heterocycles. The molecule has 0 radical (unpaired) electrons. The zero-order valence-electron chi connectivity index (χ0n) is 10.7. The van der Waals surface area contributed by atoms with Crippen molar-refractivity contribution in [3.63, 3.8) is 0 Å². The second kappa shape index (κ2) is 5.24. The van der Waals surface area contributed by atoms with Crippen LogP contribution >= 0.6 is 11.3 Å². The predicted molar refractivity (Wildman–Crippen MR) is 74.8 cm³/mol. The zero-order valence-corrected chi connectivity index (χ0v) is 11.5. The van der Waals surface area contributed by atoms with Gasteiger partial charge in [0.2, 0.25) is 0 Å². The van der Waals surface area contributed by atoms with E-state index >= 15 is 0 Å². The highest BCUT2D eigenvalue weighted by Gasteiger charge is 2.16. The van der Waals surface area contributed by atoms with Crippen LogP contribution in [0.2, 0.25) is 0 Å². The monoisotopic (exact) mass is 261 g/mol. The first-order chi connectivity index (χ1) is 8.83. The summed E-state index contributed by atoms with van der Waals surface area (Å²) in [5.41, 5.74) is 1.59. The van der Waals surface area contributed by atoms with Gasteiger partial charge in [0.15, 0.2) is 0 Å². The molecular weight excluding hydrogens is 242 g/mol. The van der Waals surface area contributed by atoms with Crippen molar-refractivity contribution >= 4 is 11.3 Å². The molecule has 1 unspecified atom stereocenters. The molecule has 0 bridgehead atoms. The third-order valence-corrected chi connectivity index (χ3v) is 4.99. The van der Waals surface area contributed by atoms with E-state index in [2.05, 4.69) is 28.3 Å². The van der Waals surface area contributed by atoms with Crippen LogP contribution in [0.25, 0.3) is 0 Å². The Morgan fingerprint density at radius 2 is 2.33 bits per heavy atom. The van der Waals surface area contributed by atoms with Crippen molar-refractivity contribution in [2.45, 2.75) is 45.2 Å². The molecule has 1 atom stereocenters. The van der Waals surface area contributed by atoms with Crippen molar-refractivity contribution in [3.8, 4) is 0 Å². The fourth-order valence-electron chi connectivity index (χ4n) is 2.47. The van der Waals surface area contributed by atoms with E-state index in [0.29, 0.717) is 6.04 Å². The number of fused-ring (bicyclic) bond motifs is 1. The highest BCUT2D eigenvalue weighted by Crippen LogP contribution is 2.32. The molecule has 2 aromatic rings. The van der Waals surface area contributed by atoms with Gasteiger partial charge in [-0.3, -0.25) is 0 Å². The summed E-state index contributed by atoms with van der Waals surface area (Å²) in [6, 6.07) is 2.81. The molecule has 0 amide bonds. The van der Waals surface area contributed by atoms with Crippen LogP contribution in [0.5, 0.6) is 0 Å². The number of nitrogens with one attached hydrogen (secondary N) is 2. The topological polar surface area (TPSA) is 40.7 Å². The van der Waals surface area contributed by atoms with Crippen molar-refractivity contribution in [2.75, 3.05) is 0 Å². The minimum atomic E-state index is 0.408. The third kappa shape index (κ3) is 2.49. The molecule has 0 aromatic carbocycles. The summed E-state index contributed by atoms with van der Waals surface area (Å²) >= 11 is 1.99. The summed E-state index contributed by atoms with van der Waals surface area (Å²) in [4.78, 5) is 10.4. The van der Waals surface area contributed by atoms with Gasteiger partial charge in [-0.05, 0) is 44.2 Å². The van der Waals surface area contributed by atoms with E-state index in [9.17, 15) is 0 Å². The average Bonchev–Trinajstić information content (AvgIpc) is 3.04. The van der Waals surface area contributed by atoms with Crippen molar-refractivity contribution in [1.29, 1.82) is 0 Å². The minimum absolute atomic E-state index is 0.408. The second-order valence-electron chi connectivity index (χ2n) is 4.94. The number of imidazole rings is 1. The summed E-state index contributed by atoms with van der Waals surface area (Å²) in [5, 5.41) is 3.53. The molecule has 1 aliphatic rings. The van der Waals surface area contributed by atoms with Gasteiger partial charge in [-0.1, -0.05) is 0 Å². The summed E-state index contributed by atoms with van der Waals surface area (Å²) in [7, 11) is 0. The van der Waals surface area contributed by atoms with Crippen LogP contribution in [0.15, 0.2) is 18.5 Å². The van der Waals surface area contributed by atoms with E-state index in [4.69, 9.17) is 0 Å². The van der Waals surface area contributed by atoms with Gasteiger partial charge in [-0.25, -0.2) is 4.98 Å². The Balaban J connectivity index is 1.64. The molecule has 3 nitrogen and oxygen atoms in total. The van der Waals surface area contributed by atoms with Crippen molar-refractivity contribution in [2.24, 2.45) is 0 Å². The minimum Gasteiger partial charge on any atom is -0.348 e. The zero-order chi connectivity index (χ0) is 12.4. The normalized spacial score (nSPS) is 16.5. The fraction of sp³-hybridized carbons (Fsp3) is 0.500. The molecule has 0 saturated carbocycles. The van der Waals surface area contributed by atoms with E-state index in [-0.39, 0.29) is 0 Å². The number of rotatable bonds is 4. The predicted octanol–water partition coefficient (Wildman–Crippen LogP) is 3.20. The van der Waals surface area contributed by atoms with Gasteiger partial charge in [-0.2, -0.15) is 0 Å². The van der Waals surface area contributed by atoms with Gasteiger partial charge in [0, 0.05) is 28.2 Å². The van der Waals surface area contributed by atoms with Crippen LogP contribution in [-0.4, -0.2) is 9.97 Å². The molecule has 0 aliphatic heterocycles. The van der Waals surface area contributed by atoms with E-state index in [1.165, 1.54) is 30.6 Å². The number of hydrogen-bond acceptors (Lipinski definition) is 3. The second-order valence-corrected chi connectivity index (χ2v) is 6.11. The van der Waals surface area contributed by atoms with Crippen LogP contribution < -0.4 is 5.32 Å². The summed E-state index contributed by atoms with van der Waals surface area (Å²) in [6.45, 7) is 3.04. The Morgan fingerprint density at radius 3 is 3.11 bits per heavy atom. The van der Waals surface area contributed by atoms with Crippen molar-refractivity contribution < 1.29 is 0 Å². The Kier molecular flexibility index (Phi) is 3.48.